The zero-order valence-electron chi connectivity index (χ0n) is 17.5. The summed E-state index contributed by atoms with van der Waals surface area (Å²) in [4.78, 5) is 17.5. The van der Waals surface area contributed by atoms with Crippen LogP contribution in [0.1, 0.15) is 22.3 Å². The van der Waals surface area contributed by atoms with Crippen LogP contribution in [0.3, 0.4) is 0 Å². The smallest absolute Gasteiger partial charge is 0.264 e. The first-order chi connectivity index (χ1) is 15.4. The molecule has 0 saturated carbocycles. The molecule has 1 aliphatic rings. The minimum atomic E-state index is -0.275. The maximum absolute atomic E-state index is 13.0. The van der Waals surface area contributed by atoms with Crippen LogP contribution in [0.25, 0.3) is 6.08 Å². The Morgan fingerprint density at radius 3 is 2.47 bits per heavy atom. The van der Waals surface area contributed by atoms with Gasteiger partial charge in [0.1, 0.15) is 18.2 Å². The molecule has 0 atom stereocenters. The number of rotatable bonds is 5. The number of ether oxygens (including phenoxy) is 1. The van der Waals surface area contributed by atoms with Crippen molar-refractivity contribution in [2.75, 3.05) is 0 Å². The predicted octanol–water partition coefficient (Wildman–Crippen LogP) is 6.68. The number of aryl methyl sites for hydroxylation is 2. The van der Waals surface area contributed by atoms with Crippen LogP contribution < -0.4 is 10.1 Å². The summed E-state index contributed by atoms with van der Waals surface area (Å²) in [6.45, 7) is 4.37. The van der Waals surface area contributed by atoms with E-state index in [9.17, 15) is 9.18 Å². The third-order valence-corrected chi connectivity index (χ3v) is 6.18. The normalized spacial score (nSPS) is 15.9. The fraction of sp³-hybridized carbons (Fsp3) is 0.120. The molecule has 1 fully saturated rings. The van der Waals surface area contributed by atoms with E-state index in [-0.39, 0.29) is 11.7 Å². The van der Waals surface area contributed by atoms with E-state index in [2.05, 4.69) is 32.3 Å². The van der Waals surface area contributed by atoms with E-state index in [1.54, 1.807) is 12.1 Å². The maximum Gasteiger partial charge on any atom is 0.264 e. The molecule has 1 saturated heterocycles. The minimum absolute atomic E-state index is 0.175. The van der Waals surface area contributed by atoms with Crippen LogP contribution in [-0.4, -0.2) is 11.1 Å². The van der Waals surface area contributed by atoms with Crippen molar-refractivity contribution in [1.82, 2.24) is 5.32 Å². The molecule has 0 bridgehead atoms. The van der Waals surface area contributed by atoms with Crippen molar-refractivity contribution < 1.29 is 13.9 Å². The monoisotopic (exact) mass is 510 g/mol. The van der Waals surface area contributed by atoms with Crippen molar-refractivity contribution in [3.05, 3.63) is 98.1 Å². The van der Waals surface area contributed by atoms with Gasteiger partial charge in [0.25, 0.3) is 5.91 Å². The lowest BCUT2D eigenvalue weighted by Gasteiger charge is -2.09. The van der Waals surface area contributed by atoms with E-state index >= 15 is 0 Å². The fourth-order valence-corrected chi connectivity index (χ4v) is 4.58. The first kappa shape index (κ1) is 22.3. The lowest BCUT2D eigenvalue weighted by molar-refractivity contribution is -0.115. The van der Waals surface area contributed by atoms with E-state index in [0.717, 1.165) is 32.4 Å². The quantitative estimate of drug-likeness (QED) is 0.389. The van der Waals surface area contributed by atoms with Crippen LogP contribution in [0.2, 0.25) is 0 Å². The van der Waals surface area contributed by atoms with E-state index in [0.29, 0.717) is 22.4 Å². The van der Waals surface area contributed by atoms with Crippen LogP contribution in [-0.2, 0) is 11.4 Å². The molecule has 1 heterocycles. The van der Waals surface area contributed by atoms with Crippen molar-refractivity contribution in [3.8, 4) is 5.75 Å². The highest BCUT2D eigenvalue weighted by Gasteiger charge is 2.24. The third-order valence-electron chi connectivity index (χ3n) is 4.65. The Labute approximate surface area is 198 Å². The van der Waals surface area contributed by atoms with Crippen LogP contribution in [0.15, 0.2) is 75.0 Å². The molecular formula is C25H20BrFN2O2S. The van der Waals surface area contributed by atoms with Gasteiger partial charge in [-0.1, -0.05) is 24.3 Å². The highest BCUT2D eigenvalue weighted by atomic mass is 79.9. The topological polar surface area (TPSA) is 50.7 Å². The molecule has 32 heavy (non-hydrogen) atoms. The number of aliphatic imine (C=N–C) groups is 1. The van der Waals surface area contributed by atoms with Gasteiger partial charge in [0, 0.05) is 0 Å². The highest BCUT2D eigenvalue weighted by Crippen LogP contribution is 2.31. The van der Waals surface area contributed by atoms with Crippen molar-refractivity contribution in [2.45, 2.75) is 20.5 Å². The number of amides is 1. The van der Waals surface area contributed by atoms with Crippen LogP contribution in [0.5, 0.6) is 5.75 Å². The van der Waals surface area contributed by atoms with Crippen molar-refractivity contribution in [1.29, 1.82) is 0 Å². The molecule has 4 rings (SSSR count). The van der Waals surface area contributed by atoms with E-state index in [4.69, 9.17) is 4.74 Å². The molecule has 3 aromatic carbocycles. The van der Waals surface area contributed by atoms with E-state index in [1.807, 2.05) is 50.3 Å². The second-order valence-electron chi connectivity index (χ2n) is 7.43. The Kier molecular flexibility index (Phi) is 6.77. The molecule has 3 aromatic rings. The standard InChI is InChI=1S/C25H20BrFN2O2S/c1-15-9-16(2)11-20(10-15)28-25-29-24(30)23(32-25)13-18-5-8-22(21(26)12-18)31-14-17-3-6-19(27)7-4-17/h3-13H,14H2,1-2H3,(H,28,29,30). The van der Waals surface area contributed by atoms with Crippen LogP contribution in [0, 0.1) is 19.7 Å². The van der Waals surface area contributed by atoms with Gasteiger partial charge in [0.15, 0.2) is 5.17 Å². The van der Waals surface area contributed by atoms with Gasteiger partial charge >= 0.3 is 0 Å². The molecule has 7 heteroatoms. The highest BCUT2D eigenvalue weighted by molar-refractivity contribution is 9.10. The average Bonchev–Trinajstić information content (AvgIpc) is 3.06. The molecule has 1 N–H and O–H groups in total. The number of hydrogen-bond acceptors (Lipinski definition) is 4. The zero-order chi connectivity index (χ0) is 22.7. The first-order valence-corrected chi connectivity index (χ1v) is 11.5. The van der Waals surface area contributed by atoms with Gasteiger partial charge < -0.3 is 10.1 Å². The molecule has 4 nitrogen and oxygen atoms in total. The lowest BCUT2D eigenvalue weighted by Crippen LogP contribution is -2.19. The summed E-state index contributed by atoms with van der Waals surface area (Å²) >= 11 is 4.83. The second kappa shape index (κ2) is 9.71. The molecular weight excluding hydrogens is 491 g/mol. The summed E-state index contributed by atoms with van der Waals surface area (Å²) in [6.07, 6.45) is 1.82. The van der Waals surface area contributed by atoms with Gasteiger partial charge in [-0.25, -0.2) is 9.38 Å². The third kappa shape index (κ3) is 5.66. The number of thioether (sulfide) groups is 1. The van der Waals surface area contributed by atoms with Gasteiger partial charge in [-0.05, 0) is 106 Å². The van der Waals surface area contributed by atoms with Crippen molar-refractivity contribution in [2.24, 2.45) is 4.99 Å². The molecule has 162 valence electrons. The van der Waals surface area contributed by atoms with Gasteiger partial charge in [-0.3, -0.25) is 4.79 Å². The number of nitrogens with zero attached hydrogens (tertiary/aromatic N) is 1. The van der Waals surface area contributed by atoms with Crippen molar-refractivity contribution in [3.63, 3.8) is 0 Å². The average molecular weight is 511 g/mol. The summed E-state index contributed by atoms with van der Waals surface area (Å²) in [5.74, 6) is 0.214. The minimum Gasteiger partial charge on any atom is -0.488 e. The van der Waals surface area contributed by atoms with Gasteiger partial charge in [-0.15, -0.1) is 0 Å². The summed E-state index contributed by atoms with van der Waals surface area (Å²) in [5, 5.41) is 3.38. The van der Waals surface area contributed by atoms with Gasteiger partial charge in [-0.2, -0.15) is 0 Å². The number of carbonyl (C=O) groups excluding carboxylic acids is 1. The molecule has 0 aromatic heterocycles. The predicted molar refractivity (Wildman–Crippen MR) is 132 cm³/mol. The summed E-state index contributed by atoms with van der Waals surface area (Å²) < 4.78 is 19.6. The Morgan fingerprint density at radius 2 is 1.78 bits per heavy atom. The molecule has 0 radical (unpaired) electrons. The van der Waals surface area contributed by atoms with E-state index in [1.165, 1.54) is 23.9 Å². The first-order valence-electron chi connectivity index (χ1n) is 9.90. The zero-order valence-corrected chi connectivity index (χ0v) is 19.9. The number of halogens is 2. The number of hydrogen-bond donors (Lipinski definition) is 1. The Morgan fingerprint density at radius 1 is 1.06 bits per heavy atom. The second-order valence-corrected chi connectivity index (χ2v) is 9.32. The SMILES string of the molecule is Cc1cc(C)cc(N=C2NC(=O)C(=Cc3ccc(OCc4ccc(F)cc4)c(Br)c3)S2)c1. The molecule has 1 amide bonds. The molecule has 0 spiro atoms. The van der Waals surface area contributed by atoms with Crippen LogP contribution in [0.4, 0.5) is 10.1 Å². The van der Waals surface area contributed by atoms with Crippen LogP contribution >= 0.6 is 27.7 Å². The number of amidine groups is 1. The summed E-state index contributed by atoms with van der Waals surface area (Å²) in [5.41, 5.74) is 4.80. The summed E-state index contributed by atoms with van der Waals surface area (Å²) in [6, 6.07) is 17.8. The largest absolute Gasteiger partial charge is 0.488 e. The van der Waals surface area contributed by atoms with E-state index < -0.39 is 0 Å². The number of nitrogens with one attached hydrogen (secondary N) is 1. The molecule has 0 unspecified atom stereocenters. The Bertz CT molecular complexity index is 1220. The number of carbonyl (C=O) groups is 1. The number of benzene rings is 3. The maximum atomic E-state index is 13.0. The fourth-order valence-electron chi connectivity index (χ4n) is 3.23. The molecule has 0 aliphatic carbocycles. The Hall–Kier alpha value is -2.90. The van der Waals surface area contributed by atoms with Gasteiger partial charge in [0.05, 0.1) is 15.1 Å². The summed E-state index contributed by atoms with van der Waals surface area (Å²) in [7, 11) is 0. The lowest BCUT2D eigenvalue weighted by atomic mass is 10.1. The Balaban J connectivity index is 1.46. The molecule has 1 aliphatic heterocycles. The van der Waals surface area contributed by atoms with Gasteiger partial charge in [0.2, 0.25) is 0 Å². The van der Waals surface area contributed by atoms with Crippen molar-refractivity contribution >= 4 is 50.5 Å².